The van der Waals surface area contributed by atoms with Gasteiger partial charge >= 0.3 is 0 Å². The lowest BCUT2D eigenvalue weighted by atomic mass is 9.70. The van der Waals surface area contributed by atoms with Crippen LogP contribution in [0.15, 0.2) is 69.6 Å². The summed E-state index contributed by atoms with van der Waals surface area (Å²) in [4.78, 5) is 0. The molecule has 1 aromatic heterocycles. The Balaban J connectivity index is 1.53. The Morgan fingerprint density at radius 2 is 1.20 bits per heavy atom. The average molecular weight is 614 g/mol. The van der Waals surface area contributed by atoms with Gasteiger partial charge in [-0.1, -0.05) is 126 Å². The Morgan fingerprint density at radius 3 is 1.78 bits per heavy atom. The van der Waals surface area contributed by atoms with E-state index in [0.29, 0.717) is 11.8 Å². The molecule has 41 heavy (non-hydrogen) atoms. The summed E-state index contributed by atoms with van der Waals surface area (Å²) in [6.45, 7) is 11.3. The molecule has 1 heterocycles. The van der Waals surface area contributed by atoms with Crippen LogP contribution in [-0.2, 0) is 10.8 Å². The fourth-order valence-electron chi connectivity index (χ4n) is 6.54. The lowest BCUT2D eigenvalue weighted by molar-refractivity contribution is 0.401. The SMILES string of the molecule is CCCCCCC1(CCCCCC)c2cc(Br)ccc2-c2ccc(-c3nnc(-c4ccc(C(C)(C)C)cc4)o3)cc21. The first-order valence-corrected chi connectivity index (χ1v) is 16.5. The van der Waals surface area contributed by atoms with Crippen molar-refractivity contribution in [3.05, 3.63) is 81.8 Å². The third kappa shape index (κ3) is 6.23. The summed E-state index contributed by atoms with van der Waals surface area (Å²) in [5, 5.41) is 8.97. The van der Waals surface area contributed by atoms with Gasteiger partial charge in [0, 0.05) is 21.0 Å². The number of hydrogen-bond donors (Lipinski definition) is 0. The van der Waals surface area contributed by atoms with Crippen LogP contribution in [0.2, 0.25) is 0 Å². The first-order chi connectivity index (χ1) is 19.8. The number of unbranched alkanes of at least 4 members (excludes halogenated alkanes) is 6. The topological polar surface area (TPSA) is 38.9 Å². The van der Waals surface area contributed by atoms with E-state index in [1.165, 1.54) is 92.0 Å². The van der Waals surface area contributed by atoms with E-state index in [2.05, 4.69) is 121 Å². The molecule has 0 aliphatic heterocycles. The highest BCUT2D eigenvalue weighted by Gasteiger charge is 2.42. The predicted octanol–water partition coefficient (Wildman–Crippen LogP) is 11.7. The van der Waals surface area contributed by atoms with Gasteiger partial charge < -0.3 is 4.42 Å². The Bertz CT molecular complexity index is 1450. The highest BCUT2D eigenvalue weighted by molar-refractivity contribution is 9.10. The summed E-state index contributed by atoms with van der Waals surface area (Å²) in [6.07, 6.45) is 12.5. The first kappa shape index (κ1) is 29.8. The van der Waals surface area contributed by atoms with E-state index in [9.17, 15) is 0 Å². The third-order valence-corrected chi connectivity index (χ3v) is 9.40. The molecule has 0 saturated heterocycles. The van der Waals surface area contributed by atoms with Crippen molar-refractivity contribution in [1.29, 1.82) is 0 Å². The van der Waals surface area contributed by atoms with Crippen LogP contribution in [0.25, 0.3) is 34.0 Å². The molecule has 3 nitrogen and oxygen atoms in total. The smallest absolute Gasteiger partial charge is 0.248 e. The van der Waals surface area contributed by atoms with E-state index < -0.39 is 0 Å². The molecule has 0 spiro atoms. The summed E-state index contributed by atoms with van der Waals surface area (Å²) in [5.41, 5.74) is 9.03. The zero-order chi connectivity index (χ0) is 29.0. The number of aromatic nitrogens is 2. The van der Waals surface area contributed by atoms with Crippen molar-refractivity contribution in [3.63, 3.8) is 0 Å². The molecular weight excluding hydrogens is 568 g/mol. The number of benzene rings is 3. The minimum Gasteiger partial charge on any atom is -0.416 e. The van der Waals surface area contributed by atoms with Crippen LogP contribution in [0.5, 0.6) is 0 Å². The molecule has 4 heteroatoms. The maximum absolute atomic E-state index is 6.30. The Kier molecular flexibility index (Phi) is 9.18. The second-order valence-corrected chi connectivity index (χ2v) is 13.8. The van der Waals surface area contributed by atoms with Crippen LogP contribution in [0.4, 0.5) is 0 Å². The van der Waals surface area contributed by atoms with Gasteiger partial charge in [-0.2, -0.15) is 0 Å². The van der Waals surface area contributed by atoms with Crippen LogP contribution in [0.1, 0.15) is 116 Å². The zero-order valence-corrected chi connectivity index (χ0v) is 27.1. The maximum Gasteiger partial charge on any atom is 0.248 e. The number of halogens is 1. The normalized spacial score (nSPS) is 13.8. The van der Waals surface area contributed by atoms with E-state index >= 15 is 0 Å². The van der Waals surface area contributed by atoms with Crippen molar-refractivity contribution < 1.29 is 4.42 Å². The molecule has 0 unspecified atom stereocenters. The molecule has 5 rings (SSSR count). The zero-order valence-electron chi connectivity index (χ0n) is 25.5. The van der Waals surface area contributed by atoms with Gasteiger partial charge in [-0.15, -0.1) is 10.2 Å². The fraction of sp³-hybridized carbons (Fsp3) is 0.459. The Morgan fingerprint density at radius 1 is 0.659 bits per heavy atom. The van der Waals surface area contributed by atoms with Gasteiger partial charge in [-0.25, -0.2) is 0 Å². The largest absolute Gasteiger partial charge is 0.416 e. The van der Waals surface area contributed by atoms with E-state index in [4.69, 9.17) is 4.42 Å². The van der Waals surface area contributed by atoms with Crippen LogP contribution >= 0.6 is 15.9 Å². The summed E-state index contributed by atoms with van der Waals surface area (Å²) in [5.74, 6) is 1.16. The lowest BCUT2D eigenvalue weighted by Crippen LogP contribution is -2.25. The molecule has 0 amide bonds. The van der Waals surface area contributed by atoms with Gasteiger partial charge in [0.15, 0.2) is 0 Å². The third-order valence-electron chi connectivity index (χ3n) is 8.91. The standard InChI is InChI=1S/C37H45BrN2O/c1-6-8-10-12-22-37(23-13-11-9-7-2)32-24-27(16-20-30(32)31-21-19-29(38)25-33(31)37)35-40-39-34(41-35)26-14-17-28(18-15-26)36(3,4)5/h14-21,24-25H,6-13,22-23H2,1-5H3. The van der Waals surface area contributed by atoms with Crippen molar-refractivity contribution in [2.75, 3.05) is 0 Å². The van der Waals surface area contributed by atoms with Crippen molar-refractivity contribution in [2.45, 2.75) is 110 Å². The van der Waals surface area contributed by atoms with Crippen LogP contribution in [0, 0.1) is 0 Å². The van der Waals surface area contributed by atoms with Crippen LogP contribution in [0.3, 0.4) is 0 Å². The summed E-state index contributed by atoms with van der Waals surface area (Å²) in [6, 6.07) is 22.2. The molecule has 0 atom stereocenters. The summed E-state index contributed by atoms with van der Waals surface area (Å²) < 4.78 is 7.46. The Hall–Kier alpha value is -2.72. The number of hydrogen-bond acceptors (Lipinski definition) is 3. The van der Waals surface area contributed by atoms with E-state index in [0.717, 1.165) is 15.6 Å². The minimum atomic E-state index is 0.0115. The van der Waals surface area contributed by atoms with Crippen LogP contribution in [-0.4, -0.2) is 10.2 Å². The second kappa shape index (κ2) is 12.7. The number of nitrogens with zero attached hydrogens (tertiary/aromatic N) is 2. The van der Waals surface area contributed by atoms with E-state index in [1.54, 1.807) is 0 Å². The Labute approximate surface area is 255 Å². The molecular formula is C37H45BrN2O. The highest BCUT2D eigenvalue weighted by atomic mass is 79.9. The molecule has 0 N–H and O–H groups in total. The number of fused-ring (bicyclic) bond motifs is 3. The molecule has 4 aromatic rings. The average Bonchev–Trinajstić information content (AvgIpc) is 3.55. The maximum atomic E-state index is 6.30. The van der Waals surface area contributed by atoms with Gasteiger partial charge in [0.05, 0.1) is 0 Å². The van der Waals surface area contributed by atoms with E-state index in [-0.39, 0.29) is 10.8 Å². The van der Waals surface area contributed by atoms with Gasteiger partial charge in [-0.3, -0.25) is 0 Å². The molecule has 1 aliphatic rings. The molecule has 3 aromatic carbocycles. The monoisotopic (exact) mass is 612 g/mol. The van der Waals surface area contributed by atoms with Gasteiger partial charge in [0.1, 0.15) is 0 Å². The first-order valence-electron chi connectivity index (χ1n) is 15.7. The molecule has 216 valence electrons. The second-order valence-electron chi connectivity index (χ2n) is 12.9. The van der Waals surface area contributed by atoms with Gasteiger partial charge in [0.25, 0.3) is 0 Å². The quantitative estimate of drug-likeness (QED) is 0.149. The van der Waals surface area contributed by atoms with Crippen LogP contribution < -0.4 is 0 Å². The lowest BCUT2D eigenvalue weighted by Gasteiger charge is -2.33. The van der Waals surface area contributed by atoms with E-state index in [1.807, 2.05) is 0 Å². The number of rotatable bonds is 12. The van der Waals surface area contributed by atoms with Crippen molar-refractivity contribution in [1.82, 2.24) is 10.2 Å². The summed E-state index contributed by atoms with van der Waals surface area (Å²) >= 11 is 3.81. The molecule has 1 aliphatic carbocycles. The van der Waals surface area contributed by atoms with Crippen molar-refractivity contribution in [3.8, 4) is 34.0 Å². The highest BCUT2D eigenvalue weighted by Crippen LogP contribution is 2.55. The summed E-state index contributed by atoms with van der Waals surface area (Å²) in [7, 11) is 0. The van der Waals surface area contributed by atoms with Gasteiger partial charge in [0.2, 0.25) is 11.8 Å². The van der Waals surface area contributed by atoms with Gasteiger partial charge in [-0.05, 0) is 82.5 Å². The molecule has 0 radical (unpaired) electrons. The fourth-order valence-corrected chi connectivity index (χ4v) is 6.90. The van der Waals surface area contributed by atoms with Crippen molar-refractivity contribution >= 4 is 15.9 Å². The van der Waals surface area contributed by atoms with Crippen molar-refractivity contribution in [2.24, 2.45) is 0 Å². The predicted molar refractivity (Wildman–Crippen MR) is 175 cm³/mol. The molecule has 0 saturated carbocycles. The molecule has 0 bridgehead atoms. The molecule has 0 fully saturated rings. The minimum absolute atomic E-state index is 0.0115.